The van der Waals surface area contributed by atoms with E-state index in [1.165, 1.54) is 17.5 Å². The average molecular weight is 340 g/mol. The Morgan fingerprint density at radius 2 is 2.17 bits per heavy atom. The number of amides is 1. The van der Waals surface area contributed by atoms with Crippen molar-refractivity contribution >= 4 is 15.9 Å². The minimum Gasteiger partial charge on any atom is -0.497 e. The topological polar surface area (TPSA) is 75.7 Å². The van der Waals surface area contributed by atoms with Crippen molar-refractivity contribution in [2.24, 2.45) is 0 Å². The molecule has 1 aromatic rings. The zero-order valence-corrected chi connectivity index (χ0v) is 14.6. The Labute approximate surface area is 137 Å². The van der Waals surface area contributed by atoms with Crippen LogP contribution in [0, 0.1) is 6.92 Å². The summed E-state index contributed by atoms with van der Waals surface area (Å²) in [6.45, 7) is 4.63. The van der Waals surface area contributed by atoms with Crippen molar-refractivity contribution in [3.05, 3.63) is 23.8 Å². The van der Waals surface area contributed by atoms with Gasteiger partial charge in [0.2, 0.25) is 15.9 Å². The normalized spacial score (nSPS) is 18.8. The summed E-state index contributed by atoms with van der Waals surface area (Å²) >= 11 is 0. The summed E-state index contributed by atoms with van der Waals surface area (Å²) in [5.41, 5.74) is 0.644. The van der Waals surface area contributed by atoms with Crippen LogP contribution >= 0.6 is 0 Å². The molecule has 1 fully saturated rings. The number of carbonyl (C=O) groups is 1. The van der Waals surface area contributed by atoms with E-state index in [4.69, 9.17) is 4.74 Å². The number of hydrogen-bond acceptors (Lipinski definition) is 4. The van der Waals surface area contributed by atoms with E-state index in [1.807, 2.05) is 6.92 Å². The van der Waals surface area contributed by atoms with Gasteiger partial charge in [-0.05, 0) is 37.8 Å². The highest BCUT2D eigenvalue weighted by atomic mass is 32.2. The molecular formula is C16H24N2O4S. The zero-order chi connectivity index (χ0) is 17.0. The molecule has 6 nitrogen and oxygen atoms in total. The lowest BCUT2D eigenvalue weighted by Crippen LogP contribution is -2.46. The second kappa shape index (κ2) is 7.31. The minimum atomic E-state index is -3.73. The first-order valence-electron chi connectivity index (χ1n) is 7.86. The highest BCUT2D eigenvalue weighted by Gasteiger charge is 2.39. The fourth-order valence-corrected chi connectivity index (χ4v) is 4.67. The molecule has 2 rings (SSSR count). The van der Waals surface area contributed by atoms with Crippen LogP contribution in [0.5, 0.6) is 5.75 Å². The van der Waals surface area contributed by atoms with E-state index in [1.54, 1.807) is 19.1 Å². The summed E-state index contributed by atoms with van der Waals surface area (Å²) in [4.78, 5) is 12.5. The standard InChI is InChI=1S/C16H24N2O4S/c1-4-9-17-16(19)14-6-5-10-18(14)23(20,21)15-11-13(22-3)8-7-12(15)2/h7-8,11,14H,4-6,9-10H2,1-3H3,(H,17,19)/t14-/m0/s1. The Bertz CT molecular complexity index is 673. The predicted octanol–water partition coefficient (Wildman–Crippen LogP) is 1.68. The lowest BCUT2D eigenvalue weighted by atomic mass is 10.2. The van der Waals surface area contributed by atoms with Crippen LogP contribution in [0.1, 0.15) is 31.7 Å². The Hall–Kier alpha value is -1.60. The van der Waals surface area contributed by atoms with Crippen LogP contribution in [0.3, 0.4) is 0 Å². The fraction of sp³-hybridized carbons (Fsp3) is 0.562. The molecule has 0 saturated carbocycles. The van der Waals surface area contributed by atoms with E-state index in [0.717, 1.165) is 6.42 Å². The van der Waals surface area contributed by atoms with Gasteiger partial charge in [-0.1, -0.05) is 13.0 Å². The third-order valence-corrected chi connectivity index (χ3v) is 6.09. The second-order valence-corrected chi connectivity index (χ2v) is 7.56. The van der Waals surface area contributed by atoms with E-state index in [-0.39, 0.29) is 10.8 Å². The van der Waals surface area contributed by atoms with Crippen LogP contribution in [-0.2, 0) is 14.8 Å². The van der Waals surface area contributed by atoms with Gasteiger partial charge in [0.25, 0.3) is 0 Å². The SMILES string of the molecule is CCCNC(=O)[C@@H]1CCCN1S(=O)(=O)c1cc(OC)ccc1C. The molecule has 1 heterocycles. The summed E-state index contributed by atoms with van der Waals surface area (Å²) in [6, 6.07) is 4.33. The molecule has 1 aliphatic rings. The van der Waals surface area contributed by atoms with Crippen LogP contribution in [0.15, 0.2) is 23.1 Å². The van der Waals surface area contributed by atoms with Gasteiger partial charge in [-0.2, -0.15) is 4.31 Å². The molecular weight excluding hydrogens is 316 g/mol. The van der Waals surface area contributed by atoms with Crippen molar-refractivity contribution in [1.82, 2.24) is 9.62 Å². The monoisotopic (exact) mass is 340 g/mol. The van der Waals surface area contributed by atoms with Gasteiger partial charge in [-0.3, -0.25) is 4.79 Å². The van der Waals surface area contributed by atoms with Gasteiger partial charge in [-0.15, -0.1) is 0 Å². The van der Waals surface area contributed by atoms with E-state index in [9.17, 15) is 13.2 Å². The molecule has 1 aromatic carbocycles. The van der Waals surface area contributed by atoms with Crippen molar-refractivity contribution in [3.8, 4) is 5.75 Å². The van der Waals surface area contributed by atoms with E-state index in [2.05, 4.69) is 5.32 Å². The first kappa shape index (κ1) is 17.7. The predicted molar refractivity (Wildman–Crippen MR) is 87.9 cm³/mol. The maximum absolute atomic E-state index is 13.0. The first-order chi connectivity index (χ1) is 10.9. The molecule has 1 atom stereocenters. The van der Waals surface area contributed by atoms with Crippen LogP contribution < -0.4 is 10.1 Å². The van der Waals surface area contributed by atoms with Gasteiger partial charge in [0, 0.05) is 19.2 Å². The molecule has 23 heavy (non-hydrogen) atoms. The number of methoxy groups -OCH3 is 1. The molecule has 128 valence electrons. The largest absolute Gasteiger partial charge is 0.497 e. The Kier molecular flexibility index (Phi) is 5.64. The number of ether oxygens (including phenoxy) is 1. The Balaban J connectivity index is 2.33. The lowest BCUT2D eigenvalue weighted by Gasteiger charge is -2.24. The molecule has 0 unspecified atom stereocenters. The van der Waals surface area contributed by atoms with E-state index < -0.39 is 16.1 Å². The molecule has 0 spiro atoms. The molecule has 7 heteroatoms. The molecule has 1 amide bonds. The maximum Gasteiger partial charge on any atom is 0.244 e. The third kappa shape index (κ3) is 3.67. The zero-order valence-electron chi connectivity index (χ0n) is 13.8. The minimum absolute atomic E-state index is 0.201. The molecule has 1 aliphatic heterocycles. The van der Waals surface area contributed by atoms with E-state index >= 15 is 0 Å². The van der Waals surface area contributed by atoms with Crippen LogP contribution in [0.25, 0.3) is 0 Å². The van der Waals surface area contributed by atoms with Gasteiger partial charge in [0.15, 0.2) is 0 Å². The Morgan fingerprint density at radius 1 is 1.43 bits per heavy atom. The number of sulfonamides is 1. The van der Waals surface area contributed by atoms with Crippen molar-refractivity contribution in [1.29, 1.82) is 0 Å². The lowest BCUT2D eigenvalue weighted by molar-refractivity contribution is -0.124. The van der Waals surface area contributed by atoms with E-state index in [0.29, 0.717) is 37.2 Å². The van der Waals surface area contributed by atoms with Gasteiger partial charge in [0.1, 0.15) is 11.8 Å². The average Bonchev–Trinajstić information content (AvgIpc) is 3.03. The van der Waals surface area contributed by atoms with Crippen molar-refractivity contribution in [2.75, 3.05) is 20.2 Å². The molecule has 0 aliphatic carbocycles. The molecule has 0 bridgehead atoms. The van der Waals surface area contributed by atoms with Crippen LogP contribution in [0.4, 0.5) is 0 Å². The highest BCUT2D eigenvalue weighted by Crippen LogP contribution is 2.30. The van der Waals surface area contributed by atoms with Gasteiger partial charge < -0.3 is 10.1 Å². The summed E-state index contributed by atoms with van der Waals surface area (Å²) in [5.74, 6) is 0.272. The summed E-state index contributed by atoms with van der Waals surface area (Å²) in [5, 5.41) is 2.80. The smallest absolute Gasteiger partial charge is 0.244 e. The molecule has 1 N–H and O–H groups in total. The van der Waals surface area contributed by atoms with Gasteiger partial charge >= 0.3 is 0 Å². The van der Waals surface area contributed by atoms with Crippen molar-refractivity contribution < 1.29 is 17.9 Å². The first-order valence-corrected chi connectivity index (χ1v) is 9.30. The summed E-state index contributed by atoms with van der Waals surface area (Å²) < 4.78 is 32.5. The highest BCUT2D eigenvalue weighted by molar-refractivity contribution is 7.89. The number of aryl methyl sites for hydroxylation is 1. The van der Waals surface area contributed by atoms with Crippen molar-refractivity contribution in [2.45, 2.75) is 44.0 Å². The molecule has 0 radical (unpaired) electrons. The number of nitrogens with one attached hydrogen (secondary N) is 1. The van der Waals surface area contributed by atoms with Crippen LogP contribution in [-0.4, -0.2) is 44.9 Å². The fourth-order valence-electron chi connectivity index (χ4n) is 2.77. The number of hydrogen-bond donors (Lipinski definition) is 1. The van der Waals surface area contributed by atoms with Crippen molar-refractivity contribution in [3.63, 3.8) is 0 Å². The van der Waals surface area contributed by atoms with Gasteiger partial charge in [-0.25, -0.2) is 8.42 Å². The molecule has 0 aromatic heterocycles. The number of nitrogens with zero attached hydrogens (tertiary/aromatic N) is 1. The Morgan fingerprint density at radius 3 is 2.83 bits per heavy atom. The maximum atomic E-state index is 13.0. The quantitative estimate of drug-likeness (QED) is 0.855. The molecule has 1 saturated heterocycles. The summed E-state index contributed by atoms with van der Waals surface area (Å²) in [6.07, 6.45) is 2.06. The number of carbonyl (C=O) groups excluding carboxylic acids is 1. The van der Waals surface area contributed by atoms with Crippen LogP contribution in [0.2, 0.25) is 0 Å². The second-order valence-electron chi connectivity index (χ2n) is 5.70. The third-order valence-electron chi connectivity index (χ3n) is 4.04. The van der Waals surface area contributed by atoms with Gasteiger partial charge in [0.05, 0.1) is 12.0 Å². The number of benzene rings is 1. The number of rotatable bonds is 6. The summed E-state index contributed by atoms with van der Waals surface area (Å²) in [7, 11) is -2.23.